The van der Waals surface area contributed by atoms with Gasteiger partial charge >= 0.3 is 0 Å². The molecule has 4 N–H and O–H groups in total. The molecule has 0 aromatic heterocycles. The van der Waals surface area contributed by atoms with Gasteiger partial charge in [-0.05, 0) is 12.8 Å². The van der Waals surface area contributed by atoms with Crippen molar-refractivity contribution in [2.24, 2.45) is 5.73 Å². The molecule has 0 aromatic rings. The second-order valence-corrected chi connectivity index (χ2v) is 3.62. The summed E-state index contributed by atoms with van der Waals surface area (Å²) in [5, 5.41) is 5.20. The lowest BCUT2D eigenvalue weighted by atomic mass is 10.3. The Hall–Kier alpha value is -1.14. The largest absolute Gasteiger partial charge is 0.383 e. The summed E-state index contributed by atoms with van der Waals surface area (Å²) in [6.07, 6.45) is 2.06. The summed E-state index contributed by atoms with van der Waals surface area (Å²) in [7, 11) is 1.47. The summed E-state index contributed by atoms with van der Waals surface area (Å²) in [4.78, 5) is 22.4. The number of ether oxygens (including phenoxy) is 1. The lowest BCUT2D eigenvalue weighted by molar-refractivity contribution is -0.127. The molecule has 0 bridgehead atoms. The predicted octanol–water partition coefficient (Wildman–Crippen LogP) is -1.65. The Kier molecular flexibility index (Phi) is 4.51. The summed E-state index contributed by atoms with van der Waals surface area (Å²) >= 11 is 0. The highest BCUT2D eigenvalue weighted by Gasteiger charge is 2.23. The van der Waals surface area contributed by atoms with Gasteiger partial charge < -0.3 is 21.1 Å². The maximum atomic E-state index is 11.2. The van der Waals surface area contributed by atoms with Crippen molar-refractivity contribution in [3.8, 4) is 0 Å². The third kappa shape index (κ3) is 4.75. The molecule has 6 heteroatoms. The summed E-state index contributed by atoms with van der Waals surface area (Å²) in [6.45, 7) is 0.128. The minimum absolute atomic E-state index is 0.0211. The first kappa shape index (κ1) is 11.9. The van der Waals surface area contributed by atoms with Gasteiger partial charge in [-0.2, -0.15) is 0 Å². The van der Waals surface area contributed by atoms with Crippen LogP contribution in [0, 0.1) is 0 Å². The zero-order chi connectivity index (χ0) is 11.3. The molecule has 2 amide bonds. The van der Waals surface area contributed by atoms with Gasteiger partial charge in [-0.15, -0.1) is 0 Å². The second kappa shape index (κ2) is 5.67. The number of hydrogen-bond acceptors (Lipinski definition) is 4. The smallest absolute Gasteiger partial charge is 0.239 e. The zero-order valence-electron chi connectivity index (χ0n) is 8.79. The molecule has 1 aliphatic carbocycles. The first-order chi connectivity index (χ1) is 7.13. The topological polar surface area (TPSA) is 93.4 Å². The zero-order valence-corrected chi connectivity index (χ0v) is 8.79. The fourth-order valence-corrected chi connectivity index (χ4v) is 1.06. The number of hydrogen-bond donors (Lipinski definition) is 3. The molecule has 0 spiro atoms. The number of carbonyl (C=O) groups excluding carboxylic acids is 2. The number of carbonyl (C=O) groups is 2. The van der Waals surface area contributed by atoms with Crippen LogP contribution in [0.25, 0.3) is 0 Å². The van der Waals surface area contributed by atoms with Crippen molar-refractivity contribution in [3.05, 3.63) is 0 Å². The van der Waals surface area contributed by atoms with Gasteiger partial charge in [-0.3, -0.25) is 9.59 Å². The van der Waals surface area contributed by atoms with E-state index in [-0.39, 0.29) is 25.0 Å². The number of nitrogens with one attached hydrogen (secondary N) is 2. The van der Waals surface area contributed by atoms with E-state index in [1.54, 1.807) is 0 Å². The minimum Gasteiger partial charge on any atom is -0.383 e. The summed E-state index contributed by atoms with van der Waals surface area (Å²) < 4.78 is 4.72. The van der Waals surface area contributed by atoms with Gasteiger partial charge in [-0.1, -0.05) is 0 Å². The van der Waals surface area contributed by atoms with Gasteiger partial charge in [-0.25, -0.2) is 0 Å². The van der Waals surface area contributed by atoms with Crippen LogP contribution in [0.5, 0.6) is 0 Å². The average Bonchev–Trinajstić information content (AvgIpc) is 2.98. The Balaban J connectivity index is 2.11. The minimum atomic E-state index is -0.719. The molecule has 0 radical (unpaired) electrons. The van der Waals surface area contributed by atoms with Crippen molar-refractivity contribution in [2.75, 3.05) is 20.3 Å². The summed E-state index contributed by atoms with van der Waals surface area (Å²) in [5.41, 5.74) is 5.46. The summed E-state index contributed by atoms with van der Waals surface area (Å²) in [5.74, 6) is -0.543. The lowest BCUT2D eigenvalue weighted by Gasteiger charge is -2.10. The van der Waals surface area contributed by atoms with Gasteiger partial charge in [0.25, 0.3) is 0 Å². The molecule has 1 fully saturated rings. The molecule has 1 atom stereocenters. The van der Waals surface area contributed by atoms with Crippen LogP contribution in [-0.4, -0.2) is 44.2 Å². The quantitative estimate of drug-likeness (QED) is 0.495. The Morgan fingerprint density at radius 2 is 2.20 bits per heavy atom. The van der Waals surface area contributed by atoms with E-state index in [4.69, 9.17) is 10.5 Å². The van der Waals surface area contributed by atoms with E-state index >= 15 is 0 Å². The van der Waals surface area contributed by atoms with Crippen LogP contribution in [0.1, 0.15) is 12.8 Å². The third-order valence-corrected chi connectivity index (χ3v) is 2.05. The molecule has 0 heterocycles. The predicted molar refractivity (Wildman–Crippen MR) is 54.0 cm³/mol. The van der Waals surface area contributed by atoms with Gasteiger partial charge in [0, 0.05) is 13.2 Å². The first-order valence-corrected chi connectivity index (χ1v) is 4.95. The monoisotopic (exact) mass is 215 g/mol. The molecule has 6 nitrogen and oxygen atoms in total. The average molecular weight is 215 g/mol. The molecule has 86 valence electrons. The van der Waals surface area contributed by atoms with Crippen molar-refractivity contribution in [1.82, 2.24) is 10.6 Å². The van der Waals surface area contributed by atoms with Gasteiger partial charge in [0.15, 0.2) is 0 Å². The van der Waals surface area contributed by atoms with Crippen LogP contribution in [0.3, 0.4) is 0 Å². The molecule has 1 unspecified atom stereocenters. The van der Waals surface area contributed by atoms with Gasteiger partial charge in [0.1, 0.15) is 6.04 Å². The highest BCUT2D eigenvalue weighted by Crippen LogP contribution is 2.18. The third-order valence-electron chi connectivity index (χ3n) is 2.05. The van der Waals surface area contributed by atoms with E-state index in [9.17, 15) is 9.59 Å². The van der Waals surface area contributed by atoms with Gasteiger partial charge in [0.05, 0.1) is 13.2 Å². The number of rotatable bonds is 6. The molecule has 0 aromatic carbocycles. The fraction of sp³-hybridized carbons (Fsp3) is 0.778. The molecular formula is C9H17N3O3. The Morgan fingerprint density at radius 1 is 1.53 bits per heavy atom. The first-order valence-electron chi connectivity index (χ1n) is 4.95. The second-order valence-electron chi connectivity index (χ2n) is 3.62. The fourth-order valence-electron chi connectivity index (χ4n) is 1.06. The Labute approximate surface area is 88.5 Å². The SMILES string of the molecule is COCC(N)C(=O)NCC(=O)NC1CC1. The highest BCUT2D eigenvalue weighted by molar-refractivity contribution is 5.87. The van der Waals surface area contributed by atoms with Crippen LogP contribution in [0.4, 0.5) is 0 Å². The van der Waals surface area contributed by atoms with Crippen LogP contribution < -0.4 is 16.4 Å². The van der Waals surface area contributed by atoms with Crippen LogP contribution >= 0.6 is 0 Å². The summed E-state index contributed by atoms with van der Waals surface area (Å²) in [6, 6.07) is -0.411. The highest BCUT2D eigenvalue weighted by atomic mass is 16.5. The van der Waals surface area contributed by atoms with Crippen LogP contribution in [0.15, 0.2) is 0 Å². The van der Waals surface area contributed by atoms with Crippen LogP contribution in [0.2, 0.25) is 0 Å². The normalized spacial score (nSPS) is 16.9. The molecule has 1 aliphatic rings. The van der Waals surface area contributed by atoms with Crippen molar-refractivity contribution < 1.29 is 14.3 Å². The van der Waals surface area contributed by atoms with Crippen molar-refractivity contribution in [3.63, 3.8) is 0 Å². The number of methoxy groups -OCH3 is 1. The number of amides is 2. The standard InChI is InChI=1S/C9H17N3O3/c1-15-5-7(10)9(14)11-4-8(13)12-6-2-3-6/h6-7H,2-5,10H2,1H3,(H,11,14)(H,12,13). The van der Waals surface area contributed by atoms with E-state index in [1.165, 1.54) is 7.11 Å². The molecule has 1 rings (SSSR count). The lowest BCUT2D eigenvalue weighted by Crippen LogP contribution is -2.47. The van der Waals surface area contributed by atoms with Crippen molar-refractivity contribution in [1.29, 1.82) is 0 Å². The van der Waals surface area contributed by atoms with Crippen molar-refractivity contribution in [2.45, 2.75) is 24.9 Å². The number of nitrogens with two attached hydrogens (primary N) is 1. The molecule has 0 saturated heterocycles. The van der Waals surface area contributed by atoms with E-state index in [2.05, 4.69) is 10.6 Å². The van der Waals surface area contributed by atoms with E-state index in [1.807, 2.05) is 0 Å². The Bertz CT molecular complexity index is 241. The molecule has 0 aliphatic heterocycles. The van der Waals surface area contributed by atoms with E-state index in [0.717, 1.165) is 12.8 Å². The Morgan fingerprint density at radius 3 is 2.73 bits per heavy atom. The maximum absolute atomic E-state index is 11.2. The van der Waals surface area contributed by atoms with Crippen molar-refractivity contribution >= 4 is 11.8 Å². The molecule has 1 saturated carbocycles. The molecular weight excluding hydrogens is 198 g/mol. The van der Waals surface area contributed by atoms with E-state index < -0.39 is 6.04 Å². The van der Waals surface area contributed by atoms with E-state index in [0.29, 0.717) is 6.04 Å². The molecule has 15 heavy (non-hydrogen) atoms. The van der Waals surface area contributed by atoms with Crippen LogP contribution in [-0.2, 0) is 14.3 Å². The maximum Gasteiger partial charge on any atom is 0.239 e. The van der Waals surface area contributed by atoms with Gasteiger partial charge in [0.2, 0.25) is 11.8 Å².